The zero-order valence-corrected chi connectivity index (χ0v) is 8.16. The van der Waals surface area contributed by atoms with Crippen LogP contribution in [0.4, 0.5) is 0 Å². The van der Waals surface area contributed by atoms with Crippen molar-refractivity contribution in [2.75, 3.05) is 6.54 Å². The third-order valence-corrected chi connectivity index (χ3v) is 1.68. The summed E-state index contributed by atoms with van der Waals surface area (Å²) in [5, 5.41) is 5.99. The number of amides is 1. The number of carbonyl (C=O) groups is 1. The molecule has 5 nitrogen and oxygen atoms in total. The average molecular weight is 184 g/mol. The van der Waals surface area contributed by atoms with Gasteiger partial charge >= 0.3 is 0 Å². The normalized spacial score (nSPS) is 11.5. The Morgan fingerprint density at radius 3 is 2.85 bits per heavy atom. The molecule has 5 heteroatoms. The van der Waals surface area contributed by atoms with Gasteiger partial charge < -0.3 is 5.32 Å². The first-order chi connectivity index (χ1) is 6.22. The first-order valence-electron chi connectivity index (χ1n) is 4.54. The minimum absolute atomic E-state index is 0.200. The van der Waals surface area contributed by atoms with E-state index in [0.29, 0.717) is 6.54 Å². The second-order valence-corrected chi connectivity index (χ2v) is 2.88. The second-order valence-electron chi connectivity index (χ2n) is 2.88. The Kier molecular flexibility index (Phi) is 6.73. The Hall–Kier alpha value is -1.22. The highest BCUT2D eigenvalue weighted by molar-refractivity contribution is 5.81. The monoisotopic (exact) mass is 184 g/mol. The van der Waals surface area contributed by atoms with Crippen LogP contribution in [0, 0.1) is 0 Å². The molecule has 1 atom stereocenters. The van der Waals surface area contributed by atoms with E-state index in [9.17, 15) is 4.79 Å². The van der Waals surface area contributed by atoms with Gasteiger partial charge in [-0.3, -0.25) is 4.79 Å². The maximum absolute atomic E-state index is 11.1. The quantitative estimate of drug-likeness (QED) is 0.291. The van der Waals surface area contributed by atoms with Crippen molar-refractivity contribution in [1.29, 1.82) is 0 Å². The molecular weight excluding hydrogens is 168 g/mol. The average Bonchev–Trinajstić information content (AvgIpc) is 2.12. The molecule has 0 saturated carbocycles. The second kappa shape index (κ2) is 7.43. The van der Waals surface area contributed by atoms with Crippen LogP contribution in [0.3, 0.4) is 0 Å². The third-order valence-electron chi connectivity index (χ3n) is 1.68. The first-order valence-corrected chi connectivity index (χ1v) is 4.54. The number of carbonyl (C=O) groups excluding carboxylic acids is 1. The molecule has 0 spiro atoms. The van der Waals surface area contributed by atoms with Crippen molar-refractivity contribution >= 4 is 5.91 Å². The Morgan fingerprint density at radius 1 is 1.62 bits per heavy atom. The Morgan fingerprint density at radius 2 is 2.31 bits per heavy atom. The van der Waals surface area contributed by atoms with E-state index in [1.807, 2.05) is 0 Å². The largest absolute Gasteiger partial charge is 0.356 e. The molecule has 0 aromatic carbocycles. The highest BCUT2D eigenvalue weighted by Crippen LogP contribution is 1.93. The van der Waals surface area contributed by atoms with Crippen LogP contribution in [0.1, 0.15) is 33.1 Å². The van der Waals surface area contributed by atoms with Gasteiger partial charge in [-0.05, 0) is 18.9 Å². The zero-order valence-electron chi connectivity index (χ0n) is 8.16. The molecule has 0 aromatic heterocycles. The van der Waals surface area contributed by atoms with Gasteiger partial charge in [0.05, 0.1) is 0 Å². The van der Waals surface area contributed by atoms with Gasteiger partial charge in [0.15, 0.2) is 0 Å². The molecule has 0 aliphatic carbocycles. The molecule has 0 heterocycles. The van der Waals surface area contributed by atoms with Crippen molar-refractivity contribution in [2.24, 2.45) is 5.11 Å². The summed E-state index contributed by atoms with van der Waals surface area (Å²) in [5.74, 6) is -0.200. The summed E-state index contributed by atoms with van der Waals surface area (Å²) in [6.45, 7) is 4.34. The maximum atomic E-state index is 11.1. The molecule has 1 N–H and O–H groups in total. The van der Waals surface area contributed by atoms with Gasteiger partial charge in [0.25, 0.3) is 0 Å². The van der Waals surface area contributed by atoms with Crippen molar-refractivity contribution < 1.29 is 4.79 Å². The summed E-state index contributed by atoms with van der Waals surface area (Å²) in [6.07, 6.45) is 3.21. The lowest BCUT2D eigenvalue weighted by Crippen LogP contribution is -2.32. The third kappa shape index (κ3) is 5.99. The minimum atomic E-state index is -0.605. The summed E-state index contributed by atoms with van der Waals surface area (Å²) in [6, 6.07) is -0.605. The molecule has 1 amide bonds. The van der Waals surface area contributed by atoms with Crippen LogP contribution in [0.2, 0.25) is 0 Å². The summed E-state index contributed by atoms with van der Waals surface area (Å²) in [4.78, 5) is 13.7. The molecule has 0 aliphatic rings. The summed E-state index contributed by atoms with van der Waals surface area (Å²) < 4.78 is 0. The van der Waals surface area contributed by atoms with Crippen molar-refractivity contribution in [1.82, 2.24) is 5.32 Å². The molecule has 0 bridgehead atoms. The number of nitrogens with one attached hydrogen (secondary N) is 1. The van der Waals surface area contributed by atoms with E-state index in [1.165, 1.54) is 0 Å². The fourth-order valence-electron chi connectivity index (χ4n) is 0.864. The number of rotatable bonds is 6. The lowest BCUT2D eigenvalue weighted by atomic mass is 10.2. The van der Waals surface area contributed by atoms with Crippen LogP contribution in [-0.4, -0.2) is 18.5 Å². The lowest BCUT2D eigenvalue weighted by molar-refractivity contribution is -0.121. The van der Waals surface area contributed by atoms with Gasteiger partial charge in [-0.25, -0.2) is 0 Å². The van der Waals surface area contributed by atoms with Crippen molar-refractivity contribution in [3.8, 4) is 0 Å². The Labute approximate surface area is 78.1 Å². The van der Waals surface area contributed by atoms with E-state index in [-0.39, 0.29) is 5.91 Å². The van der Waals surface area contributed by atoms with Gasteiger partial charge in [-0.2, -0.15) is 0 Å². The fraction of sp³-hybridized carbons (Fsp3) is 0.875. The summed E-state index contributed by atoms with van der Waals surface area (Å²) >= 11 is 0. The van der Waals surface area contributed by atoms with Gasteiger partial charge in [0.2, 0.25) is 5.91 Å². The standard InChI is InChI=1S/C8H16N4O/c1-3-4-5-6-10-8(13)7(2)11-12-9/h7H,3-6H2,1-2H3,(H,10,13). The molecule has 13 heavy (non-hydrogen) atoms. The summed E-state index contributed by atoms with van der Waals surface area (Å²) in [7, 11) is 0. The maximum Gasteiger partial charge on any atom is 0.228 e. The smallest absolute Gasteiger partial charge is 0.228 e. The summed E-state index contributed by atoms with van der Waals surface area (Å²) in [5.41, 5.74) is 8.07. The van der Waals surface area contributed by atoms with Crippen LogP contribution in [-0.2, 0) is 4.79 Å². The predicted octanol–water partition coefficient (Wildman–Crippen LogP) is 1.99. The van der Waals surface area contributed by atoms with Crippen molar-refractivity contribution in [3.05, 3.63) is 10.4 Å². The zero-order chi connectivity index (χ0) is 10.1. The Balaban J connectivity index is 3.56. The molecule has 0 saturated heterocycles. The number of unbranched alkanes of at least 4 members (excludes halogenated alkanes) is 2. The fourth-order valence-corrected chi connectivity index (χ4v) is 0.864. The number of nitrogens with zero attached hydrogens (tertiary/aromatic N) is 3. The molecule has 74 valence electrons. The van der Waals surface area contributed by atoms with E-state index in [0.717, 1.165) is 19.3 Å². The Bertz CT molecular complexity index is 198. The van der Waals surface area contributed by atoms with Crippen molar-refractivity contribution in [2.45, 2.75) is 39.2 Å². The van der Waals surface area contributed by atoms with Crippen LogP contribution < -0.4 is 5.32 Å². The van der Waals surface area contributed by atoms with Gasteiger partial charge in [0.1, 0.15) is 6.04 Å². The highest BCUT2D eigenvalue weighted by Gasteiger charge is 2.08. The molecule has 0 fully saturated rings. The minimum Gasteiger partial charge on any atom is -0.356 e. The van der Waals surface area contributed by atoms with Crippen LogP contribution in [0.15, 0.2) is 5.11 Å². The molecule has 0 rings (SSSR count). The first kappa shape index (κ1) is 11.8. The molecule has 0 aliphatic heterocycles. The van der Waals surface area contributed by atoms with Crippen molar-refractivity contribution in [3.63, 3.8) is 0 Å². The molecule has 0 radical (unpaired) electrons. The van der Waals surface area contributed by atoms with E-state index in [4.69, 9.17) is 5.53 Å². The number of azide groups is 1. The SMILES string of the molecule is CCCCCNC(=O)C(C)N=[N+]=[N-]. The lowest BCUT2D eigenvalue weighted by Gasteiger charge is -2.06. The van der Waals surface area contributed by atoms with E-state index in [2.05, 4.69) is 22.3 Å². The van der Waals surface area contributed by atoms with E-state index in [1.54, 1.807) is 6.92 Å². The number of hydrogen-bond donors (Lipinski definition) is 1. The van der Waals surface area contributed by atoms with E-state index < -0.39 is 6.04 Å². The topological polar surface area (TPSA) is 77.9 Å². The van der Waals surface area contributed by atoms with Crippen LogP contribution in [0.5, 0.6) is 0 Å². The number of hydrogen-bond acceptors (Lipinski definition) is 2. The predicted molar refractivity (Wildman–Crippen MR) is 51.1 cm³/mol. The van der Waals surface area contributed by atoms with Crippen LogP contribution in [0.25, 0.3) is 10.4 Å². The van der Waals surface area contributed by atoms with Gasteiger partial charge in [0, 0.05) is 11.5 Å². The molecule has 1 unspecified atom stereocenters. The molecular formula is C8H16N4O. The van der Waals surface area contributed by atoms with E-state index >= 15 is 0 Å². The van der Waals surface area contributed by atoms with Crippen LogP contribution >= 0.6 is 0 Å². The molecule has 0 aromatic rings. The highest BCUT2D eigenvalue weighted by atomic mass is 16.2. The van der Waals surface area contributed by atoms with Gasteiger partial charge in [-0.15, -0.1) is 0 Å². The van der Waals surface area contributed by atoms with Gasteiger partial charge in [-0.1, -0.05) is 24.9 Å².